The van der Waals surface area contributed by atoms with Crippen LogP contribution in [0.3, 0.4) is 0 Å². The molecule has 2 amide bonds. The average Bonchev–Trinajstić information content (AvgIpc) is 3.21. The number of urea groups is 1. The second kappa shape index (κ2) is 7.75. The van der Waals surface area contributed by atoms with Crippen LogP contribution < -0.4 is 5.32 Å². The number of nitrogens with zero attached hydrogens (tertiary/aromatic N) is 2. The van der Waals surface area contributed by atoms with Crippen LogP contribution in [0.1, 0.15) is 33.4 Å². The highest BCUT2D eigenvalue weighted by Crippen LogP contribution is 2.34. The molecule has 4 rings (SSSR count). The third kappa shape index (κ3) is 3.56. The highest BCUT2D eigenvalue weighted by atomic mass is 19.1. The van der Waals surface area contributed by atoms with Gasteiger partial charge in [0.05, 0.1) is 30.4 Å². The summed E-state index contributed by atoms with van der Waals surface area (Å²) in [4.78, 5) is 34.2. The summed E-state index contributed by atoms with van der Waals surface area (Å²) >= 11 is 0. The van der Waals surface area contributed by atoms with Crippen molar-refractivity contribution in [1.82, 2.24) is 14.9 Å². The second-order valence-corrected chi connectivity index (χ2v) is 6.63. The van der Waals surface area contributed by atoms with E-state index in [4.69, 9.17) is 4.74 Å². The molecule has 1 aliphatic heterocycles. The number of rotatable bonds is 3. The molecule has 1 atom stereocenters. The Balaban J connectivity index is 1.68. The molecular formula is C21H19FN4O3. The van der Waals surface area contributed by atoms with Crippen LogP contribution in [-0.4, -0.2) is 40.5 Å². The highest BCUT2D eigenvalue weighted by Gasteiger charge is 2.34. The van der Waals surface area contributed by atoms with E-state index in [-0.39, 0.29) is 11.4 Å². The summed E-state index contributed by atoms with van der Waals surface area (Å²) in [5.41, 5.74) is 2.81. The van der Waals surface area contributed by atoms with E-state index < -0.39 is 18.0 Å². The summed E-state index contributed by atoms with van der Waals surface area (Å²) in [7, 11) is 1.28. The molecule has 2 aromatic carbocycles. The molecule has 0 fully saturated rings. The van der Waals surface area contributed by atoms with Crippen LogP contribution in [0.25, 0.3) is 0 Å². The highest BCUT2D eigenvalue weighted by molar-refractivity contribution is 6.01. The van der Waals surface area contributed by atoms with Gasteiger partial charge in [0, 0.05) is 18.7 Å². The van der Waals surface area contributed by atoms with Crippen molar-refractivity contribution >= 4 is 17.7 Å². The number of H-pyrrole nitrogens is 1. The van der Waals surface area contributed by atoms with Crippen LogP contribution in [0.5, 0.6) is 0 Å². The van der Waals surface area contributed by atoms with Crippen molar-refractivity contribution in [2.45, 2.75) is 12.5 Å². The zero-order chi connectivity index (χ0) is 20.4. The van der Waals surface area contributed by atoms with Crippen molar-refractivity contribution in [3.05, 3.63) is 83.2 Å². The normalized spacial score (nSPS) is 15.5. The summed E-state index contributed by atoms with van der Waals surface area (Å²) < 4.78 is 18.7. The van der Waals surface area contributed by atoms with Gasteiger partial charge in [0.15, 0.2) is 0 Å². The number of fused-ring (bicyclic) bond motifs is 1. The van der Waals surface area contributed by atoms with Gasteiger partial charge in [-0.25, -0.2) is 19.0 Å². The van der Waals surface area contributed by atoms with E-state index >= 15 is 0 Å². The molecule has 8 heteroatoms. The standard InChI is InChI=1S/C21H19FN4O3/c1-29-20(27)15-7-2-3-8-16(15)25-21(28)26-10-9-17-18(24-12-23-17)19(26)13-5-4-6-14(22)11-13/h2-8,11-12,19H,9-10H2,1H3,(H,23,24)(H,25,28)/t19-/m0/s1. The monoisotopic (exact) mass is 394 g/mol. The molecule has 2 N–H and O–H groups in total. The number of carbonyl (C=O) groups is 2. The van der Waals surface area contributed by atoms with Gasteiger partial charge in [-0.15, -0.1) is 0 Å². The Labute approximate surface area is 166 Å². The fraction of sp³-hybridized carbons (Fsp3) is 0.190. The van der Waals surface area contributed by atoms with Crippen molar-refractivity contribution in [3.63, 3.8) is 0 Å². The van der Waals surface area contributed by atoms with Crippen LogP contribution in [0, 0.1) is 5.82 Å². The van der Waals surface area contributed by atoms with Crippen molar-refractivity contribution < 1.29 is 18.7 Å². The molecule has 0 saturated carbocycles. The Kier molecular flexibility index (Phi) is 4.99. The lowest BCUT2D eigenvalue weighted by Crippen LogP contribution is -2.43. The SMILES string of the molecule is COC(=O)c1ccccc1NC(=O)N1CCc2[nH]cnc2[C@@H]1c1cccc(F)c1. The Morgan fingerprint density at radius 3 is 2.86 bits per heavy atom. The molecule has 0 radical (unpaired) electrons. The van der Waals surface area contributed by atoms with Crippen molar-refractivity contribution in [2.24, 2.45) is 0 Å². The van der Waals surface area contributed by atoms with E-state index in [1.54, 1.807) is 47.6 Å². The summed E-state index contributed by atoms with van der Waals surface area (Å²) in [5.74, 6) is -0.933. The topological polar surface area (TPSA) is 87.3 Å². The number of esters is 1. The number of carbonyl (C=O) groups excluding carboxylic acids is 2. The van der Waals surface area contributed by atoms with E-state index in [0.717, 1.165) is 5.69 Å². The van der Waals surface area contributed by atoms with Crippen LogP contribution in [-0.2, 0) is 11.2 Å². The minimum absolute atomic E-state index is 0.253. The molecule has 0 unspecified atom stereocenters. The minimum atomic E-state index is -0.550. The lowest BCUT2D eigenvalue weighted by Gasteiger charge is -2.35. The number of hydrogen-bond donors (Lipinski definition) is 2. The number of methoxy groups -OCH3 is 1. The molecule has 0 aliphatic carbocycles. The first-order chi connectivity index (χ1) is 14.1. The minimum Gasteiger partial charge on any atom is -0.465 e. The van der Waals surface area contributed by atoms with E-state index in [1.165, 1.54) is 19.2 Å². The Morgan fingerprint density at radius 1 is 1.24 bits per heavy atom. The Hall–Kier alpha value is -3.68. The van der Waals surface area contributed by atoms with Crippen LogP contribution in [0.2, 0.25) is 0 Å². The number of aromatic amines is 1. The lowest BCUT2D eigenvalue weighted by atomic mass is 9.96. The van der Waals surface area contributed by atoms with Crippen LogP contribution >= 0.6 is 0 Å². The fourth-order valence-corrected chi connectivity index (χ4v) is 3.58. The number of aromatic nitrogens is 2. The molecule has 1 aromatic heterocycles. The molecule has 0 saturated heterocycles. The zero-order valence-electron chi connectivity index (χ0n) is 15.7. The van der Waals surface area contributed by atoms with Crippen LogP contribution in [0.15, 0.2) is 54.9 Å². The molecule has 7 nitrogen and oxygen atoms in total. The summed E-state index contributed by atoms with van der Waals surface area (Å²) in [6.45, 7) is 0.405. The fourth-order valence-electron chi connectivity index (χ4n) is 3.58. The van der Waals surface area contributed by atoms with Gasteiger partial charge < -0.3 is 19.9 Å². The molecule has 3 aromatic rings. The molecule has 148 valence electrons. The van der Waals surface area contributed by atoms with E-state index in [2.05, 4.69) is 15.3 Å². The maximum atomic E-state index is 13.9. The third-order valence-electron chi connectivity index (χ3n) is 4.92. The molecule has 0 spiro atoms. The van der Waals surface area contributed by atoms with Crippen molar-refractivity contribution in [3.8, 4) is 0 Å². The number of ether oxygens (including phenoxy) is 1. The maximum Gasteiger partial charge on any atom is 0.339 e. The predicted molar refractivity (Wildman–Crippen MR) is 104 cm³/mol. The van der Waals surface area contributed by atoms with Gasteiger partial charge in [-0.05, 0) is 29.8 Å². The largest absolute Gasteiger partial charge is 0.465 e. The first kappa shape index (κ1) is 18.7. The molecule has 1 aliphatic rings. The lowest BCUT2D eigenvalue weighted by molar-refractivity contribution is 0.0602. The molecule has 29 heavy (non-hydrogen) atoms. The van der Waals surface area contributed by atoms with Crippen LogP contribution in [0.4, 0.5) is 14.9 Å². The Morgan fingerprint density at radius 2 is 2.07 bits per heavy atom. The number of amides is 2. The maximum absolute atomic E-state index is 13.9. The van der Waals surface area contributed by atoms with Crippen molar-refractivity contribution in [2.75, 3.05) is 19.0 Å². The quantitative estimate of drug-likeness (QED) is 0.666. The van der Waals surface area contributed by atoms with Gasteiger partial charge in [-0.2, -0.15) is 0 Å². The van der Waals surface area contributed by atoms with Gasteiger partial charge in [0.1, 0.15) is 11.9 Å². The number of hydrogen-bond acceptors (Lipinski definition) is 4. The van der Waals surface area contributed by atoms with Gasteiger partial charge in [0.2, 0.25) is 0 Å². The first-order valence-electron chi connectivity index (χ1n) is 9.11. The van der Waals surface area contributed by atoms with E-state index in [0.29, 0.717) is 29.9 Å². The summed E-state index contributed by atoms with van der Waals surface area (Å²) in [5, 5.41) is 2.79. The molecule has 0 bridgehead atoms. The van der Waals surface area contributed by atoms with E-state index in [1.807, 2.05) is 0 Å². The molecular weight excluding hydrogens is 375 g/mol. The van der Waals surface area contributed by atoms with Crippen molar-refractivity contribution in [1.29, 1.82) is 0 Å². The third-order valence-corrected chi connectivity index (χ3v) is 4.92. The summed E-state index contributed by atoms with van der Waals surface area (Å²) in [6.07, 6.45) is 2.16. The number of imidazole rings is 1. The van der Waals surface area contributed by atoms with E-state index in [9.17, 15) is 14.0 Å². The van der Waals surface area contributed by atoms with Gasteiger partial charge in [0.25, 0.3) is 0 Å². The Bertz CT molecular complexity index is 1070. The number of nitrogens with one attached hydrogen (secondary N) is 2. The zero-order valence-corrected chi connectivity index (χ0v) is 15.7. The van der Waals surface area contributed by atoms with Gasteiger partial charge >= 0.3 is 12.0 Å². The van der Waals surface area contributed by atoms with Gasteiger partial charge in [-0.1, -0.05) is 24.3 Å². The average molecular weight is 394 g/mol. The number of para-hydroxylation sites is 1. The second-order valence-electron chi connectivity index (χ2n) is 6.63. The number of halogens is 1. The van der Waals surface area contributed by atoms with Gasteiger partial charge in [-0.3, -0.25) is 0 Å². The number of anilines is 1. The number of benzene rings is 2. The smallest absolute Gasteiger partial charge is 0.339 e. The molecule has 2 heterocycles. The predicted octanol–water partition coefficient (Wildman–Crippen LogP) is 3.52. The first-order valence-corrected chi connectivity index (χ1v) is 9.11. The summed E-state index contributed by atoms with van der Waals surface area (Å²) in [6, 6.07) is 11.8.